The van der Waals surface area contributed by atoms with Crippen LogP contribution in [0.5, 0.6) is 0 Å². The SMILES string of the molecule is CCS(=O)(=O)N1CCC[C@@](Cc2cc(-c3ccccc3)no2)(C(=O)N(C)C)C1. The molecule has 0 spiro atoms. The quantitative estimate of drug-likeness (QED) is 0.737. The van der Waals surface area contributed by atoms with Crippen molar-refractivity contribution >= 4 is 15.9 Å². The summed E-state index contributed by atoms with van der Waals surface area (Å²) in [4.78, 5) is 14.6. The van der Waals surface area contributed by atoms with E-state index in [1.54, 1.807) is 21.0 Å². The lowest BCUT2D eigenvalue weighted by molar-refractivity contribution is -0.142. The van der Waals surface area contributed by atoms with Crippen LogP contribution in [0.2, 0.25) is 0 Å². The van der Waals surface area contributed by atoms with Crippen LogP contribution < -0.4 is 0 Å². The van der Waals surface area contributed by atoms with Crippen molar-refractivity contribution in [3.8, 4) is 11.3 Å². The van der Waals surface area contributed by atoms with Crippen molar-refractivity contribution in [2.75, 3.05) is 32.9 Å². The molecule has 7 nitrogen and oxygen atoms in total. The minimum absolute atomic E-state index is 0.0275. The zero-order valence-electron chi connectivity index (χ0n) is 16.6. The van der Waals surface area contributed by atoms with E-state index in [1.807, 2.05) is 36.4 Å². The van der Waals surface area contributed by atoms with E-state index in [0.29, 0.717) is 37.3 Å². The number of benzene rings is 1. The fourth-order valence-corrected chi connectivity index (χ4v) is 5.07. The van der Waals surface area contributed by atoms with Gasteiger partial charge in [0.2, 0.25) is 15.9 Å². The molecule has 28 heavy (non-hydrogen) atoms. The molecule has 1 saturated heterocycles. The van der Waals surface area contributed by atoms with E-state index in [9.17, 15) is 13.2 Å². The first-order chi connectivity index (χ1) is 13.3. The summed E-state index contributed by atoms with van der Waals surface area (Å²) < 4.78 is 31.9. The van der Waals surface area contributed by atoms with Gasteiger partial charge < -0.3 is 9.42 Å². The van der Waals surface area contributed by atoms with Crippen LogP contribution in [-0.2, 0) is 21.2 Å². The molecule has 0 saturated carbocycles. The Morgan fingerprint density at radius 2 is 2.00 bits per heavy atom. The van der Waals surface area contributed by atoms with Gasteiger partial charge in [0, 0.05) is 45.2 Å². The minimum atomic E-state index is -3.37. The van der Waals surface area contributed by atoms with Crippen LogP contribution in [0.3, 0.4) is 0 Å². The highest BCUT2D eigenvalue weighted by atomic mass is 32.2. The van der Waals surface area contributed by atoms with Gasteiger partial charge in [0.1, 0.15) is 11.5 Å². The van der Waals surface area contributed by atoms with Gasteiger partial charge in [0.25, 0.3) is 0 Å². The number of piperidine rings is 1. The van der Waals surface area contributed by atoms with Crippen molar-refractivity contribution in [2.24, 2.45) is 5.41 Å². The molecule has 0 radical (unpaired) electrons. The second-order valence-corrected chi connectivity index (χ2v) is 9.80. The number of amides is 1. The first-order valence-corrected chi connectivity index (χ1v) is 11.1. The largest absolute Gasteiger partial charge is 0.361 e. The first kappa shape index (κ1) is 20.5. The van der Waals surface area contributed by atoms with E-state index >= 15 is 0 Å². The average molecular weight is 406 g/mol. The topological polar surface area (TPSA) is 83.7 Å². The Kier molecular flexibility index (Phi) is 5.90. The van der Waals surface area contributed by atoms with Gasteiger partial charge in [-0.3, -0.25) is 4.79 Å². The highest BCUT2D eigenvalue weighted by Crippen LogP contribution is 2.37. The molecule has 152 valence electrons. The van der Waals surface area contributed by atoms with Crippen molar-refractivity contribution in [1.82, 2.24) is 14.4 Å². The number of aromatic nitrogens is 1. The molecule has 3 rings (SSSR count). The van der Waals surface area contributed by atoms with Crippen LogP contribution >= 0.6 is 0 Å². The van der Waals surface area contributed by atoms with Gasteiger partial charge >= 0.3 is 0 Å². The summed E-state index contributed by atoms with van der Waals surface area (Å²) in [6.07, 6.45) is 1.57. The Bertz CT molecular complexity index is 924. The lowest BCUT2D eigenvalue weighted by Crippen LogP contribution is -2.54. The van der Waals surface area contributed by atoms with Gasteiger partial charge in [-0.2, -0.15) is 0 Å². The predicted octanol–water partition coefficient (Wildman–Crippen LogP) is 2.40. The summed E-state index contributed by atoms with van der Waals surface area (Å²) in [5.41, 5.74) is 0.790. The average Bonchev–Trinajstić information content (AvgIpc) is 3.16. The maximum Gasteiger partial charge on any atom is 0.230 e. The normalized spacial score (nSPS) is 20.8. The van der Waals surface area contributed by atoms with Gasteiger partial charge in [-0.15, -0.1) is 0 Å². The van der Waals surface area contributed by atoms with Crippen molar-refractivity contribution in [3.05, 3.63) is 42.2 Å². The molecular formula is C20H27N3O4S. The molecule has 0 bridgehead atoms. The number of hydrogen-bond acceptors (Lipinski definition) is 5. The molecule has 2 aromatic rings. The van der Waals surface area contributed by atoms with E-state index in [1.165, 1.54) is 9.21 Å². The lowest BCUT2D eigenvalue weighted by Gasteiger charge is -2.41. The third kappa shape index (κ3) is 4.12. The fourth-order valence-electron chi connectivity index (χ4n) is 3.85. The molecule has 1 aromatic carbocycles. The van der Waals surface area contributed by atoms with Crippen LogP contribution in [-0.4, -0.2) is 61.6 Å². The highest BCUT2D eigenvalue weighted by molar-refractivity contribution is 7.89. The van der Waals surface area contributed by atoms with E-state index in [0.717, 1.165) is 5.56 Å². The number of rotatable bonds is 6. The molecule has 1 aliphatic heterocycles. The molecule has 8 heteroatoms. The Morgan fingerprint density at radius 3 is 2.64 bits per heavy atom. The number of nitrogens with zero attached hydrogens (tertiary/aromatic N) is 3. The molecule has 0 N–H and O–H groups in total. The Hall–Kier alpha value is -2.19. The van der Waals surface area contributed by atoms with E-state index < -0.39 is 15.4 Å². The molecule has 1 amide bonds. The number of carbonyl (C=O) groups is 1. The van der Waals surface area contributed by atoms with Crippen LogP contribution in [0.4, 0.5) is 0 Å². The summed E-state index contributed by atoms with van der Waals surface area (Å²) in [5, 5.41) is 4.14. The maximum absolute atomic E-state index is 13.1. The Balaban J connectivity index is 1.91. The molecule has 0 unspecified atom stereocenters. The van der Waals surface area contributed by atoms with Gasteiger partial charge in [-0.05, 0) is 19.8 Å². The monoisotopic (exact) mass is 405 g/mol. The second kappa shape index (κ2) is 8.05. The van der Waals surface area contributed by atoms with E-state index in [-0.39, 0.29) is 18.2 Å². The van der Waals surface area contributed by atoms with Crippen LogP contribution in [0, 0.1) is 5.41 Å². The standard InChI is InChI=1S/C20H27N3O4S/c1-4-28(25,26)23-12-8-11-20(15-23,19(24)22(2)3)14-17-13-18(21-27-17)16-9-6-5-7-10-16/h5-7,9-10,13H,4,8,11-12,14-15H2,1-3H3/t20-/m0/s1. The minimum Gasteiger partial charge on any atom is -0.361 e. The van der Waals surface area contributed by atoms with Gasteiger partial charge in [0.15, 0.2) is 0 Å². The molecule has 2 heterocycles. The van der Waals surface area contributed by atoms with Gasteiger partial charge in [-0.25, -0.2) is 12.7 Å². The molecule has 1 fully saturated rings. The first-order valence-electron chi connectivity index (χ1n) is 9.48. The van der Waals surface area contributed by atoms with Gasteiger partial charge in [0.05, 0.1) is 11.2 Å². The molecular weight excluding hydrogens is 378 g/mol. The van der Waals surface area contributed by atoms with E-state index in [2.05, 4.69) is 5.16 Å². The summed E-state index contributed by atoms with van der Waals surface area (Å²) in [7, 11) is 0.0378. The zero-order valence-corrected chi connectivity index (χ0v) is 17.4. The van der Waals surface area contributed by atoms with Crippen molar-refractivity contribution in [2.45, 2.75) is 26.2 Å². The maximum atomic E-state index is 13.1. The van der Waals surface area contributed by atoms with Crippen molar-refractivity contribution in [1.29, 1.82) is 0 Å². The fraction of sp³-hybridized carbons (Fsp3) is 0.500. The van der Waals surface area contributed by atoms with Crippen LogP contribution in [0.15, 0.2) is 40.9 Å². The Labute approximate surface area is 166 Å². The predicted molar refractivity (Wildman–Crippen MR) is 107 cm³/mol. The van der Waals surface area contributed by atoms with Crippen molar-refractivity contribution in [3.63, 3.8) is 0 Å². The number of sulfonamides is 1. The second-order valence-electron chi connectivity index (χ2n) is 7.54. The Morgan fingerprint density at radius 1 is 1.29 bits per heavy atom. The summed E-state index contributed by atoms with van der Waals surface area (Å²) in [5.74, 6) is 0.533. The third-order valence-electron chi connectivity index (χ3n) is 5.30. The van der Waals surface area contributed by atoms with E-state index in [4.69, 9.17) is 4.52 Å². The van der Waals surface area contributed by atoms with Crippen molar-refractivity contribution < 1.29 is 17.7 Å². The van der Waals surface area contributed by atoms with Crippen LogP contribution in [0.1, 0.15) is 25.5 Å². The number of carbonyl (C=O) groups excluding carboxylic acids is 1. The lowest BCUT2D eigenvalue weighted by atomic mass is 9.75. The van der Waals surface area contributed by atoms with Gasteiger partial charge in [-0.1, -0.05) is 35.5 Å². The summed E-state index contributed by atoms with van der Waals surface area (Å²) >= 11 is 0. The molecule has 1 atom stereocenters. The smallest absolute Gasteiger partial charge is 0.230 e. The third-order valence-corrected chi connectivity index (χ3v) is 7.13. The van der Waals surface area contributed by atoms with Crippen LogP contribution in [0.25, 0.3) is 11.3 Å². The zero-order chi connectivity index (χ0) is 20.4. The molecule has 1 aromatic heterocycles. The molecule has 0 aliphatic carbocycles. The summed E-state index contributed by atoms with van der Waals surface area (Å²) in [6, 6.07) is 11.5. The number of hydrogen-bond donors (Lipinski definition) is 0. The summed E-state index contributed by atoms with van der Waals surface area (Å²) in [6.45, 7) is 2.24. The molecule has 1 aliphatic rings. The highest BCUT2D eigenvalue weighted by Gasteiger charge is 2.46.